The maximum Gasteiger partial charge on any atom is 0.242 e. The molecule has 2 heterocycles. The van der Waals surface area contributed by atoms with Gasteiger partial charge in [0.05, 0.1) is 12.1 Å². The number of H-pyrrole nitrogens is 2. The molecule has 0 saturated carbocycles. The SMILES string of the molecule is [2H]N(C(=O)[C@H](C)NC(=O)[C@@H](N)Cc1c[nH]c2ccccc12)[C@H](C=O)Cc1c[nH]c2ccccc12. The third kappa shape index (κ3) is 4.96. The lowest BCUT2D eigenvalue weighted by Gasteiger charge is -2.19. The van der Waals surface area contributed by atoms with E-state index >= 15 is 0 Å². The first-order valence-corrected chi connectivity index (χ1v) is 10.8. The largest absolute Gasteiger partial charge is 0.361 e. The van der Waals surface area contributed by atoms with Gasteiger partial charge in [-0.1, -0.05) is 36.4 Å². The summed E-state index contributed by atoms with van der Waals surface area (Å²) in [5, 5.41) is 5.13. The summed E-state index contributed by atoms with van der Waals surface area (Å²) in [6, 6.07) is 12.4. The number of hydrogen-bond acceptors (Lipinski definition) is 4. The maximum absolute atomic E-state index is 12.8. The predicted octanol–water partition coefficient (Wildman–Crippen LogP) is 1.95. The fourth-order valence-corrected chi connectivity index (χ4v) is 3.94. The molecule has 0 radical (unpaired) electrons. The number of fused-ring (bicyclic) bond motifs is 2. The molecule has 0 spiro atoms. The van der Waals surface area contributed by atoms with Crippen molar-refractivity contribution >= 4 is 39.9 Å². The Hall–Kier alpha value is -3.91. The highest BCUT2D eigenvalue weighted by Crippen LogP contribution is 2.20. The molecule has 0 bridgehead atoms. The Morgan fingerprint density at radius 2 is 1.52 bits per heavy atom. The molecule has 3 atom stereocenters. The highest BCUT2D eigenvalue weighted by molar-refractivity contribution is 5.91. The summed E-state index contributed by atoms with van der Waals surface area (Å²) in [5.41, 5.74) is 9.69. The van der Waals surface area contributed by atoms with E-state index in [2.05, 4.69) is 15.3 Å². The van der Waals surface area contributed by atoms with Gasteiger partial charge in [0, 0.05) is 40.6 Å². The van der Waals surface area contributed by atoms with Crippen LogP contribution in [-0.4, -0.2) is 46.2 Å². The predicted molar refractivity (Wildman–Crippen MR) is 128 cm³/mol. The van der Waals surface area contributed by atoms with E-state index in [4.69, 9.17) is 7.15 Å². The van der Waals surface area contributed by atoms with Crippen molar-refractivity contribution in [1.29, 1.82) is 0 Å². The van der Waals surface area contributed by atoms with Crippen LogP contribution in [0.5, 0.6) is 0 Å². The molecule has 0 aliphatic carbocycles. The van der Waals surface area contributed by atoms with E-state index in [0.717, 1.165) is 32.9 Å². The average molecular weight is 447 g/mol. The van der Waals surface area contributed by atoms with Crippen LogP contribution in [0.25, 0.3) is 21.8 Å². The molecule has 2 aromatic heterocycles. The molecule has 170 valence electrons. The lowest BCUT2D eigenvalue weighted by molar-refractivity contribution is -0.130. The number of aromatic amines is 2. The lowest BCUT2D eigenvalue weighted by Crippen LogP contribution is -2.53. The summed E-state index contributed by atoms with van der Waals surface area (Å²) in [7, 11) is 0. The first-order valence-electron chi connectivity index (χ1n) is 11.3. The van der Waals surface area contributed by atoms with Gasteiger partial charge in [-0.2, -0.15) is 0 Å². The monoisotopic (exact) mass is 446 g/mol. The maximum atomic E-state index is 12.8. The van der Waals surface area contributed by atoms with Gasteiger partial charge in [0.25, 0.3) is 0 Å². The normalized spacial score (nSPS) is 14.4. The fourth-order valence-electron chi connectivity index (χ4n) is 3.94. The number of para-hydroxylation sites is 2. The molecule has 0 fully saturated rings. The molecule has 0 saturated heterocycles. The first kappa shape index (κ1) is 21.0. The topological polar surface area (TPSA) is 133 Å². The lowest BCUT2D eigenvalue weighted by atomic mass is 10.0. The van der Waals surface area contributed by atoms with Gasteiger partial charge in [0.1, 0.15) is 12.3 Å². The smallest absolute Gasteiger partial charge is 0.242 e. The summed E-state index contributed by atoms with van der Waals surface area (Å²) < 4.78 is 8.23. The van der Waals surface area contributed by atoms with E-state index in [1.54, 1.807) is 6.20 Å². The Kier molecular flexibility index (Phi) is 6.16. The fraction of sp³-hybridized carbons (Fsp3) is 0.240. The summed E-state index contributed by atoms with van der Waals surface area (Å²) in [6.07, 6.45) is 4.64. The highest BCUT2D eigenvalue weighted by Gasteiger charge is 2.23. The number of nitrogens with one attached hydrogen (secondary N) is 4. The van der Waals surface area contributed by atoms with Crippen LogP contribution >= 0.6 is 0 Å². The second kappa shape index (κ2) is 9.70. The third-order valence-corrected chi connectivity index (χ3v) is 5.73. The van der Waals surface area contributed by atoms with Crippen LogP contribution in [0.3, 0.4) is 0 Å². The number of aromatic nitrogens is 2. The van der Waals surface area contributed by atoms with E-state index in [1.807, 2.05) is 54.7 Å². The summed E-state index contributed by atoms with van der Waals surface area (Å²) in [4.78, 5) is 43.4. The number of carbonyl (C=O) groups excluding carboxylic acids is 3. The minimum atomic E-state index is -1.01. The van der Waals surface area contributed by atoms with Crippen LogP contribution in [0.4, 0.5) is 0 Å². The average Bonchev–Trinajstić information content (AvgIpc) is 3.45. The third-order valence-electron chi connectivity index (χ3n) is 5.73. The van der Waals surface area contributed by atoms with Gasteiger partial charge < -0.3 is 31.1 Å². The van der Waals surface area contributed by atoms with Crippen LogP contribution in [0, 0.1) is 0 Å². The number of amides is 2. The van der Waals surface area contributed by atoms with Crippen molar-refractivity contribution in [3.63, 3.8) is 0 Å². The van der Waals surface area contributed by atoms with Crippen molar-refractivity contribution in [2.24, 2.45) is 5.73 Å². The van der Waals surface area contributed by atoms with Crippen LogP contribution < -0.4 is 16.4 Å². The van der Waals surface area contributed by atoms with Gasteiger partial charge in [-0.25, -0.2) is 0 Å². The molecule has 2 aromatic carbocycles. The molecule has 4 aromatic rings. The molecule has 8 nitrogen and oxygen atoms in total. The summed E-state index contributed by atoms with van der Waals surface area (Å²) >= 11 is 0. The molecule has 6 N–H and O–H groups in total. The van der Waals surface area contributed by atoms with E-state index in [9.17, 15) is 14.4 Å². The zero-order valence-corrected chi connectivity index (χ0v) is 18.2. The van der Waals surface area contributed by atoms with Crippen LogP contribution in [-0.2, 0) is 27.2 Å². The minimum absolute atomic E-state index is 0.184. The molecule has 4 rings (SSSR count). The quantitative estimate of drug-likeness (QED) is 0.251. The number of rotatable bonds is 9. The first-order chi connectivity index (χ1) is 16.4. The Bertz CT molecular complexity index is 1330. The van der Waals surface area contributed by atoms with E-state index in [1.165, 1.54) is 6.92 Å². The van der Waals surface area contributed by atoms with Gasteiger partial charge in [-0.3, -0.25) is 9.59 Å². The number of hydrogen-bond donors (Lipinski definition) is 5. The van der Waals surface area contributed by atoms with E-state index in [-0.39, 0.29) is 6.42 Å². The summed E-state index contributed by atoms with van der Waals surface area (Å²) in [5.74, 6) is -1.19. The molecule has 8 heteroatoms. The van der Waals surface area contributed by atoms with E-state index < -0.39 is 29.9 Å². The van der Waals surface area contributed by atoms with Crippen molar-refractivity contribution in [1.82, 2.24) is 20.6 Å². The summed E-state index contributed by atoms with van der Waals surface area (Å²) in [6.45, 7) is 1.48. The molecular formula is C25H27N5O3. The van der Waals surface area contributed by atoms with Gasteiger partial charge in [-0.05, 0) is 36.6 Å². The van der Waals surface area contributed by atoms with Gasteiger partial charge in [-0.15, -0.1) is 0 Å². The van der Waals surface area contributed by atoms with Crippen LogP contribution in [0.2, 0.25) is 1.41 Å². The molecule has 0 aliphatic rings. The highest BCUT2D eigenvalue weighted by atomic mass is 16.2. The zero-order chi connectivity index (χ0) is 24.2. The molecule has 0 unspecified atom stereocenters. The number of carbonyl (C=O) groups is 3. The number of benzene rings is 2. The molecular weight excluding hydrogens is 418 g/mol. The Morgan fingerprint density at radius 3 is 2.09 bits per heavy atom. The number of aldehydes is 1. The van der Waals surface area contributed by atoms with Crippen molar-refractivity contribution < 1.29 is 15.8 Å². The van der Waals surface area contributed by atoms with Gasteiger partial charge in [0.15, 0.2) is 1.41 Å². The van der Waals surface area contributed by atoms with Crippen molar-refractivity contribution in [2.45, 2.75) is 37.9 Å². The van der Waals surface area contributed by atoms with Gasteiger partial charge in [0.2, 0.25) is 11.8 Å². The van der Waals surface area contributed by atoms with Crippen molar-refractivity contribution in [2.75, 3.05) is 0 Å². The number of nitrogens with two attached hydrogens (primary N) is 1. The van der Waals surface area contributed by atoms with E-state index in [0.29, 0.717) is 18.0 Å². The van der Waals surface area contributed by atoms with Crippen LogP contribution in [0.1, 0.15) is 18.1 Å². The Balaban J connectivity index is 1.37. The Morgan fingerprint density at radius 1 is 0.970 bits per heavy atom. The van der Waals surface area contributed by atoms with Crippen LogP contribution in [0.15, 0.2) is 60.9 Å². The standard InChI is InChI=1S/C25H27N5O3/c1-15(29-25(33)21(26)11-17-13-28-23-9-5-3-7-20(17)23)24(32)30-18(14-31)10-16-12-27-22-8-4-2-6-19(16)22/h2-9,12-15,18,21,27-28H,10-11,26H2,1H3,(H,29,33)(H,30,32)/t15-,18-,21-/m0/s1/i/hD. The molecule has 2 amide bonds. The molecule has 33 heavy (non-hydrogen) atoms. The zero-order valence-electron chi connectivity index (χ0n) is 19.2. The minimum Gasteiger partial charge on any atom is -0.361 e. The Labute approximate surface area is 192 Å². The van der Waals surface area contributed by atoms with Crippen molar-refractivity contribution in [3.8, 4) is 0 Å². The second-order valence-electron chi connectivity index (χ2n) is 8.13. The second-order valence-corrected chi connectivity index (χ2v) is 8.13. The van der Waals surface area contributed by atoms with Gasteiger partial charge >= 0.3 is 0 Å². The molecule has 0 aliphatic heterocycles. The van der Waals surface area contributed by atoms with Crippen molar-refractivity contribution in [3.05, 3.63) is 72.1 Å².